The number of nitrogens with zero attached hydrogens (tertiary/aromatic N) is 4. The number of benzene rings is 1. The van der Waals surface area contributed by atoms with Gasteiger partial charge >= 0.3 is 12.1 Å². The van der Waals surface area contributed by atoms with Crippen LogP contribution in [0, 0.1) is 6.92 Å². The monoisotopic (exact) mass is 612 g/mol. The van der Waals surface area contributed by atoms with Crippen LogP contribution in [0.4, 0.5) is 4.79 Å². The highest BCUT2D eigenvalue weighted by atomic mass is 32.1. The lowest BCUT2D eigenvalue weighted by atomic mass is 10.1. The van der Waals surface area contributed by atoms with Gasteiger partial charge in [0.1, 0.15) is 11.4 Å². The summed E-state index contributed by atoms with van der Waals surface area (Å²) in [6.45, 7) is 19.4. The van der Waals surface area contributed by atoms with Gasteiger partial charge in [-0.05, 0) is 63.0 Å². The van der Waals surface area contributed by atoms with Crippen LogP contribution in [0.25, 0.3) is 10.4 Å². The Labute approximate surface area is 254 Å². The first-order chi connectivity index (χ1) is 19.5. The molecule has 0 saturated carbocycles. The van der Waals surface area contributed by atoms with Crippen molar-refractivity contribution >= 4 is 31.7 Å². The molecule has 2 atom stereocenters. The average Bonchev–Trinajstić information content (AvgIpc) is 3.60. The molecule has 1 saturated heterocycles. The van der Waals surface area contributed by atoms with E-state index in [2.05, 4.69) is 51.0 Å². The van der Waals surface area contributed by atoms with Crippen molar-refractivity contribution in [2.45, 2.75) is 97.3 Å². The first-order valence-electron chi connectivity index (χ1n) is 14.3. The van der Waals surface area contributed by atoms with Gasteiger partial charge in [0.25, 0.3) is 0 Å². The van der Waals surface area contributed by atoms with Crippen LogP contribution in [0.1, 0.15) is 81.6 Å². The first kappa shape index (κ1) is 31.9. The van der Waals surface area contributed by atoms with Gasteiger partial charge in [-0.2, -0.15) is 0 Å². The van der Waals surface area contributed by atoms with E-state index >= 15 is 0 Å². The lowest BCUT2D eigenvalue weighted by molar-refractivity contribution is 0.0201. The topological polar surface area (TPSA) is 95.8 Å². The number of imidazole rings is 1. The maximum Gasteiger partial charge on any atom is 0.411 e. The summed E-state index contributed by atoms with van der Waals surface area (Å²) in [6, 6.07) is 7.83. The molecule has 0 aliphatic carbocycles. The summed E-state index contributed by atoms with van der Waals surface area (Å²) >= 11 is 1.61. The number of esters is 1. The molecular formula is C31H44N4O5SSi. The Morgan fingerprint density at radius 3 is 2.45 bits per heavy atom. The molecule has 1 amide bonds. The van der Waals surface area contributed by atoms with Crippen LogP contribution in [0.15, 0.2) is 36.0 Å². The number of ether oxygens (including phenoxy) is 2. The number of hydrogen-bond donors (Lipinski definition) is 0. The zero-order chi connectivity index (χ0) is 31.0. The number of hydrogen-bond acceptors (Lipinski definition) is 8. The second-order valence-electron chi connectivity index (χ2n) is 13.5. The Bertz CT molecular complexity index is 1440. The highest BCUT2D eigenvalue weighted by Crippen LogP contribution is 2.42. The Balaban J connectivity index is 1.73. The van der Waals surface area contributed by atoms with Gasteiger partial charge < -0.3 is 18.5 Å². The van der Waals surface area contributed by atoms with Crippen molar-refractivity contribution in [3.63, 3.8) is 0 Å². The summed E-state index contributed by atoms with van der Waals surface area (Å²) in [5.41, 5.74) is 4.48. The molecule has 2 aromatic heterocycles. The zero-order valence-corrected chi connectivity index (χ0v) is 28.3. The Kier molecular flexibility index (Phi) is 9.06. The minimum atomic E-state index is -2.13. The smallest absolute Gasteiger partial charge is 0.411 e. The van der Waals surface area contributed by atoms with Crippen LogP contribution in [-0.4, -0.2) is 65.2 Å². The van der Waals surface area contributed by atoms with Crippen LogP contribution in [-0.2, 0) is 20.4 Å². The molecule has 0 unspecified atom stereocenters. The maximum absolute atomic E-state index is 13.6. The van der Waals surface area contributed by atoms with E-state index in [1.807, 2.05) is 49.9 Å². The van der Waals surface area contributed by atoms with Crippen molar-refractivity contribution in [1.29, 1.82) is 0 Å². The normalized spacial score (nSPS) is 17.9. The fourth-order valence-electron chi connectivity index (χ4n) is 4.86. The van der Waals surface area contributed by atoms with Gasteiger partial charge in [-0.3, -0.25) is 4.90 Å². The third-order valence-electron chi connectivity index (χ3n) is 7.95. The Morgan fingerprint density at radius 2 is 1.86 bits per heavy atom. The molecule has 3 aromatic rings. The molecule has 1 aliphatic heterocycles. The van der Waals surface area contributed by atoms with Crippen molar-refractivity contribution in [2.24, 2.45) is 0 Å². The number of aromatic nitrogens is 3. The molecule has 0 bridgehead atoms. The highest BCUT2D eigenvalue weighted by Gasteiger charge is 2.46. The van der Waals surface area contributed by atoms with Crippen molar-refractivity contribution in [2.75, 3.05) is 13.7 Å². The molecule has 3 heterocycles. The van der Waals surface area contributed by atoms with Gasteiger partial charge in [0.15, 0.2) is 14.0 Å². The number of thiazole rings is 1. The lowest BCUT2D eigenvalue weighted by Gasteiger charge is -2.38. The number of aryl methyl sites for hydroxylation is 1. The third-order valence-corrected chi connectivity index (χ3v) is 13.5. The molecule has 0 spiro atoms. The largest absolute Gasteiger partial charge is 0.464 e. The fourth-order valence-corrected chi connectivity index (χ4v) is 7.02. The molecule has 42 heavy (non-hydrogen) atoms. The van der Waals surface area contributed by atoms with Gasteiger partial charge in [0, 0.05) is 25.7 Å². The quantitative estimate of drug-likeness (QED) is 0.205. The number of carbonyl (C=O) groups is 2. The summed E-state index contributed by atoms with van der Waals surface area (Å²) in [4.78, 5) is 38.2. The van der Waals surface area contributed by atoms with E-state index in [0.717, 1.165) is 21.7 Å². The van der Waals surface area contributed by atoms with Gasteiger partial charge in [-0.15, -0.1) is 11.3 Å². The lowest BCUT2D eigenvalue weighted by Crippen LogP contribution is -2.45. The molecule has 0 N–H and O–H groups in total. The second-order valence-corrected chi connectivity index (χ2v) is 19.1. The Morgan fingerprint density at radius 1 is 1.14 bits per heavy atom. The molecule has 11 heteroatoms. The molecule has 1 aromatic carbocycles. The van der Waals surface area contributed by atoms with Crippen LogP contribution in [0.5, 0.6) is 0 Å². The molecule has 0 radical (unpaired) electrons. The number of likely N-dealkylation sites (tertiary alicyclic amines) is 1. The average molecular weight is 613 g/mol. The van der Waals surface area contributed by atoms with Crippen molar-refractivity contribution in [3.8, 4) is 10.4 Å². The van der Waals surface area contributed by atoms with E-state index < -0.39 is 32.0 Å². The predicted octanol–water partition coefficient (Wildman–Crippen LogP) is 7.22. The maximum atomic E-state index is 13.6. The summed E-state index contributed by atoms with van der Waals surface area (Å²) in [5.74, 6) is 0.0712. The summed E-state index contributed by atoms with van der Waals surface area (Å²) in [7, 11) is -0.786. The minimum absolute atomic E-state index is 0.0137. The molecule has 1 fully saturated rings. The van der Waals surface area contributed by atoms with Gasteiger partial charge in [-0.25, -0.2) is 19.6 Å². The predicted molar refractivity (Wildman–Crippen MR) is 167 cm³/mol. The standard InChI is InChI=1S/C31H44N4O5SSi/c1-20-26(41-19-32-20)22-13-11-12-21(14-22)16-34-18-24(28(36)38-8)33-27(34)25-15-23(40-42(9,10)31(5,6)7)17-35(25)29(37)39-30(2,3)4/h11-14,18-19,23,25H,15-17H2,1-10H3/t23-,25+/m1/s1. The van der Waals surface area contributed by atoms with E-state index in [9.17, 15) is 9.59 Å². The molecular weight excluding hydrogens is 569 g/mol. The number of methoxy groups -OCH3 is 1. The van der Waals surface area contributed by atoms with E-state index in [4.69, 9.17) is 18.9 Å². The summed E-state index contributed by atoms with van der Waals surface area (Å²) < 4.78 is 19.6. The van der Waals surface area contributed by atoms with Crippen LogP contribution < -0.4 is 0 Å². The van der Waals surface area contributed by atoms with Crippen LogP contribution in [0.3, 0.4) is 0 Å². The van der Waals surface area contributed by atoms with Crippen LogP contribution >= 0.6 is 11.3 Å². The summed E-state index contributed by atoms with van der Waals surface area (Å²) in [6.07, 6.45) is 1.64. The molecule has 4 rings (SSSR count). The molecule has 228 valence electrons. The van der Waals surface area contributed by atoms with E-state index in [-0.39, 0.29) is 16.8 Å². The van der Waals surface area contributed by atoms with Gasteiger partial charge in [-0.1, -0.05) is 39.0 Å². The van der Waals surface area contributed by atoms with E-state index in [1.54, 1.807) is 22.4 Å². The number of amides is 1. The second kappa shape index (κ2) is 11.9. The fraction of sp³-hybridized carbons (Fsp3) is 0.548. The van der Waals surface area contributed by atoms with Crippen molar-refractivity contribution in [1.82, 2.24) is 19.4 Å². The number of carbonyl (C=O) groups excluding carboxylic acids is 2. The number of rotatable bonds is 7. The van der Waals surface area contributed by atoms with Crippen LogP contribution in [0.2, 0.25) is 18.1 Å². The first-order valence-corrected chi connectivity index (χ1v) is 18.1. The molecule has 9 nitrogen and oxygen atoms in total. The van der Waals surface area contributed by atoms with E-state index in [0.29, 0.717) is 25.3 Å². The zero-order valence-electron chi connectivity index (χ0n) is 26.5. The SMILES string of the molecule is COC(=O)c1cn(Cc2cccc(-c3scnc3C)c2)c([C@@H]2C[C@@H](O[Si](C)(C)C(C)(C)C)CN2C(=O)OC(C)(C)C)n1. The van der Waals surface area contributed by atoms with Gasteiger partial charge in [0.2, 0.25) is 0 Å². The molecule has 1 aliphatic rings. The van der Waals surface area contributed by atoms with Crippen molar-refractivity contribution < 1.29 is 23.5 Å². The third kappa shape index (κ3) is 7.12. The van der Waals surface area contributed by atoms with E-state index in [1.165, 1.54) is 7.11 Å². The van der Waals surface area contributed by atoms with Gasteiger partial charge in [0.05, 0.1) is 35.3 Å². The minimum Gasteiger partial charge on any atom is -0.464 e. The highest BCUT2D eigenvalue weighted by molar-refractivity contribution is 7.13. The Hall–Kier alpha value is -3.02. The van der Waals surface area contributed by atoms with Crippen molar-refractivity contribution in [3.05, 3.63) is 58.7 Å². The summed E-state index contributed by atoms with van der Waals surface area (Å²) in [5, 5.41) is 0.0137.